The van der Waals surface area contributed by atoms with Crippen LogP contribution >= 0.6 is 22.9 Å². The average Bonchev–Trinajstić information content (AvgIpc) is 3.40. The molecule has 2 N–H and O–H groups in total. The minimum atomic E-state index is -1.33. The van der Waals surface area contributed by atoms with Gasteiger partial charge in [-0.25, -0.2) is 9.37 Å². The van der Waals surface area contributed by atoms with Gasteiger partial charge in [-0.15, -0.1) is 0 Å². The van der Waals surface area contributed by atoms with Gasteiger partial charge in [-0.1, -0.05) is 29.8 Å². The summed E-state index contributed by atoms with van der Waals surface area (Å²) in [5, 5.41) is 10.2. The predicted molar refractivity (Wildman–Crippen MR) is 133 cm³/mol. The Bertz CT molecular complexity index is 1360. The highest BCUT2D eigenvalue weighted by Gasteiger charge is 2.49. The van der Waals surface area contributed by atoms with Crippen LogP contribution in [0.5, 0.6) is 5.75 Å². The standard InChI is InChI=1S/C26H19ClFN3O3S/c27-19-4-1-2-5-21(19)34-24-20(32)14-26(31-25(24)33,16-12-13-35-15-16)22-6-3-7-23(30-22)29-18-10-8-17(28)9-11-18/h1-13,15,24H,14H2,(H,29,30)(H,31,33). The van der Waals surface area contributed by atoms with Gasteiger partial charge in [0.25, 0.3) is 5.91 Å². The summed E-state index contributed by atoms with van der Waals surface area (Å²) in [5.74, 6) is -0.565. The molecule has 1 amide bonds. The number of nitrogens with zero attached hydrogens (tertiary/aromatic N) is 1. The first-order valence-corrected chi connectivity index (χ1v) is 12.1. The van der Waals surface area contributed by atoms with E-state index in [0.717, 1.165) is 5.56 Å². The number of pyridine rings is 1. The molecule has 5 rings (SSSR count). The summed E-state index contributed by atoms with van der Waals surface area (Å²) in [4.78, 5) is 31.2. The molecule has 0 aliphatic carbocycles. The number of anilines is 2. The lowest BCUT2D eigenvalue weighted by molar-refractivity contribution is -0.144. The SMILES string of the molecule is O=C1CC(c2ccsc2)(c2cccc(Nc3ccc(F)cc3)n2)NC(=O)C1Oc1ccccc1Cl. The molecule has 2 unspecified atom stereocenters. The van der Waals surface area contributed by atoms with Crippen molar-refractivity contribution in [2.75, 3.05) is 5.32 Å². The first-order chi connectivity index (χ1) is 16.9. The minimum absolute atomic E-state index is 0.0579. The van der Waals surface area contributed by atoms with Crippen molar-refractivity contribution in [1.29, 1.82) is 0 Å². The monoisotopic (exact) mass is 507 g/mol. The first-order valence-electron chi connectivity index (χ1n) is 10.7. The number of benzene rings is 2. The molecule has 9 heteroatoms. The second kappa shape index (κ2) is 9.48. The smallest absolute Gasteiger partial charge is 0.269 e. The fraction of sp³-hybridized carbons (Fsp3) is 0.115. The number of aromatic nitrogens is 1. The minimum Gasteiger partial charge on any atom is -0.471 e. The van der Waals surface area contributed by atoms with Crippen LogP contribution in [0, 0.1) is 5.82 Å². The summed E-state index contributed by atoms with van der Waals surface area (Å²) in [6.45, 7) is 0. The number of carbonyl (C=O) groups is 2. The molecule has 2 aromatic carbocycles. The van der Waals surface area contributed by atoms with E-state index in [2.05, 4.69) is 10.6 Å². The molecule has 1 aliphatic rings. The molecule has 35 heavy (non-hydrogen) atoms. The van der Waals surface area contributed by atoms with Crippen molar-refractivity contribution < 1.29 is 18.7 Å². The molecule has 0 radical (unpaired) electrons. The van der Waals surface area contributed by atoms with Crippen LogP contribution in [-0.2, 0) is 15.1 Å². The molecule has 6 nitrogen and oxygen atoms in total. The van der Waals surface area contributed by atoms with Crippen molar-refractivity contribution in [3.63, 3.8) is 0 Å². The third-order valence-electron chi connectivity index (χ3n) is 5.70. The molecule has 1 saturated heterocycles. The Morgan fingerprint density at radius 3 is 2.57 bits per heavy atom. The summed E-state index contributed by atoms with van der Waals surface area (Å²) >= 11 is 7.61. The van der Waals surface area contributed by atoms with E-state index in [-0.39, 0.29) is 18.0 Å². The van der Waals surface area contributed by atoms with Gasteiger partial charge >= 0.3 is 0 Å². The van der Waals surface area contributed by atoms with Gasteiger partial charge in [0, 0.05) is 12.1 Å². The Labute approximate surface area is 209 Å². The Kier molecular flexibility index (Phi) is 6.23. The number of nitrogens with one attached hydrogen (secondary N) is 2. The van der Waals surface area contributed by atoms with Gasteiger partial charge in [-0.3, -0.25) is 9.59 Å². The van der Waals surface area contributed by atoms with E-state index in [4.69, 9.17) is 21.3 Å². The van der Waals surface area contributed by atoms with Crippen LogP contribution in [0.3, 0.4) is 0 Å². The zero-order valence-corrected chi connectivity index (χ0v) is 19.8. The predicted octanol–water partition coefficient (Wildman–Crippen LogP) is 5.46. The molecule has 1 aliphatic heterocycles. The second-order valence-corrected chi connectivity index (χ2v) is 9.21. The Balaban J connectivity index is 1.48. The number of hydrogen-bond donors (Lipinski definition) is 2. The maximum atomic E-state index is 13.3. The van der Waals surface area contributed by atoms with Crippen molar-refractivity contribution in [3.05, 3.63) is 106 Å². The maximum Gasteiger partial charge on any atom is 0.269 e. The topological polar surface area (TPSA) is 80.3 Å². The van der Waals surface area contributed by atoms with Crippen molar-refractivity contribution in [2.24, 2.45) is 0 Å². The third-order valence-corrected chi connectivity index (χ3v) is 6.70. The number of amides is 1. The Morgan fingerprint density at radius 1 is 1.06 bits per heavy atom. The number of para-hydroxylation sites is 1. The van der Waals surface area contributed by atoms with Crippen LogP contribution in [0.25, 0.3) is 0 Å². The molecule has 4 aromatic rings. The highest BCUT2D eigenvalue weighted by atomic mass is 35.5. The van der Waals surface area contributed by atoms with Crippen LogP contribution in [0.2, 0.25) is 5.02 Å². The summed E-state index contributed by atoms with van der Waals surface area (Å²) in [6, 6.07) is 19.7. The number of ketones is 1. The zero-order valence-electron chi connectivity index (χ0n) is 18.2. The lowest BCUT2D eigenvalue weighted by Gasteiger charge is -2.39. The second-order valence-electron chi connectivity index (χ2n) is 8.02. The zero-order chi connectivity index (χ0) is 24.4. The average molecular weight is 508 g/mol. The van der Waals surface area contributed by atoms with Gasteiger partial charge in [-0.2, -0.15) is 11.3 Å². The van der Waals surface area contributed by atoms with Gasteiger partial charge in [0.15, 0.2) is 5.78 Å². The number of halogens is 2. The van der Waals surface area contributed by atoms with E-state index >= 15 is 0 Å². The number of hydrogen-bond acceptors (Lipinski definition) is 6. The normalized spacial score (nSPS) is 19.8. The van der Waals surface area contributed by atoms with Crippen molar-refractivity contribution in [3.8, 4) is 5.75 Å². The fourth-order valence-electron chi connectivity index (χ4n) is 4.01. The van der Waals surface area contributed by atoms with Gasteiger partial charge in [-0.05, 0) is 70.9 Å². The van der Waals surface area contributed by atoms with Crippen LogP contribution in [0.1, 0.15) is 17.7 Å². The quantitative estimate of drug-likeness (QED) is 0.339. The Hall–Kier alpha value is -3.75. The summed E-state index contributed by atoms with van der Waals surface area (Å²) in [6.07, 6.45) is -1.39. The van der Waals surface area contributed by atoms with E-state index < -0.39 is 23.3 Å². The maximum absolute atomic E-state index is 13.3. The molecule has 0 bridgehead atoms. The number of thiophene rings is 1. The molecule has 1 fully saturated rings. The molecular formula is C26H19ClFN3O3S. The van der Waals surface area contributed by atoms with Crippen LogP contribution in [-0.4, -0.2) is 22.8 Å². The van der Waals surface area contributed by atoms with Gasteiger partial charge < -0.3 is 15.4 Å². The van der Waals surface area contributed by atoms with E-state index in [9.17, 15) is 14.0 Å². The lowest BCUT2D eigenvalue weighted by Crippen LogP contribution is -2.60. The van der Waals surface area contributed by atoms with Crippen LogP contribution in [0.15, 0.2) is 83.6 Å². The van der Waals surface area contributed by atoms with Gasteiger partial charge in [0.1, 0.15) is 22.9 Å². The van der Waals surface area contributed by atoms with Crippen molar-refractivity contribution in [2.45, 2.75) is 18.1 Å². The largest absolute Gasteiger partial charge is 0.471 e. The fourth-order valence-corrected chi connectivity index (χ4v) is 4.92. The molecule has 3 heterocycles. The molecule has 2 aromatic heterocycles. The first kappa shape index (κ1) is 23.0. The van der Waals surface area contributed by atoms with Crippen molar-refractivity contribution in [1.82, 2.24) is 10.3 Å². The molecular weight excluding hydrogens is 489 g/mol. The van der Waals surface area contributed by atoms with E-state index in [1.807, 2.05) is 16.8 Å². The third kappa shape index (κ3) is 4.62. The Morgan fingerprint density at radius 2 is 1.86 bits per heavy atom. The number of carbonyl (C=O) groups excluding carboxylic acids is 2. The van der Waals surface area contributed by atoms with Crippen LogP contribution < -0.4 is 15.4 Å². The van der Waals surface area contributed by atoms with E-state index in [0.29, 0.717) is 22.2 Å². The van der Waals surface area contributed by atoms with Crippen LogP contribution in [0.4, 0.5) is 15.9 Å². The number of Topliss-reactive ketones (excluding diaryl/α,β-unsaturated/α-hetero) is 1. The van der Waals surface area contributed by atoms with E-state index in [1.54, 1.807) is 54.6 Å². The van der Waals surface area contributed by atoms with Gasteiger partial charge in [0.2, 0.25) is 6.10 Å². The number of rotatable bonds is 6. The lowest BCUT2D eigenvalue weighted by atomic mass is 9.79. The molecule has 0 spiro atoms. The highest BCUT2D eigenvalue weighted by molar-refractivity contribution is 7.08. The van der Waals surface area contributed by atoms with Crippen molar-refractivity contribution >= 4 is 46.1 Å². The number of piperidine rings is 1. The molecule has 0 saturated carbocycles. The summed E-state index contributed by atoms with van der Waals surface area (Å²) < 4.78 is 19.0. The molecule has 176 valence electrons. The van der Waals surface area contributed by atoms with E-state index in [1.165, 1.54) is 23.5 Å². The summed E-state index contributed by atoms with van der Waals surface area (Å²) in [5.41, 5.74) is 0.708. The number of ether oxygens (including phenoxy) is 1. The molecule has 2 atom stereocenters. The summed E-state index contributed by atoms with van der Waals surface area (Å²) in [7, 11) is 0. The van der Waals surface area contributed by atoms with Gasteiger partial charge in [0.05, 0.1) is 10.7 Å². The highest BCUT2D eigenvalue weighted by Crippen LogP contribution is 2.38.